The smallest absolute Gasteiger partial charge is 0.322 e. The Balaban J connectivity index is 1.73. The van der Waals surface area contributed by atoms with E-state index in [2.05, 4.69) is 10.3 Å². The van der Waals surface area contributed by atoms with Crippen molar-refractivity contribution in [1.82, 2.24) is 14.8 Å². The van der Waals surface area contributed by atoms with Crippen molar-refractivity contribution in [3.05, 3.63) is 74.7 Å². The van der Waals surface area contributed by atoms with E-state index in [-0.39, 0.29) is 16.0 Å². The van der Waals surface area contributed by atoms with Crippen molar-refractivity contribution in [3.63, 3.8) is 0 Å². The summed E-state index contributed by atoms with van der Waals surface area (Å²) in [6.07, 6.45) is 0. The van der Waals surface area contributed by atoms with Crippen molar-refractivity contribution < 1.29 is 13.6 Å². The Bertz CT molecular complexity index is 1210. The Morgan fingerprint density at radius 1 is 1.23 bits per heavy atom. The molecule has 2 aromatic carbocycles. The van der Waals surface area contributed by atoms with Gasteiger partial charge in [0.05, 0.1) is 16.5 Å². The number of hydrogen-bond acceptors (Lipinski definition) is 3. The largest absolute Gasteiger partial charge is 0.324 e. The molecule has 1 aliphatic heterocycles. The van der Waals surface area contributed by atoms with Gasteiger partial charge in [0.25, 0.3) is 5.56 Å². The van der Waals surface area contributed by atoms with Crippen molar-refractivity contribution in [2.24, 2.45) is 0 Å². The number of nitrogens with zero attached hydrogens (tertiary/aromatic N) is 2. The van der Waals surface area contributed by atoms with Crippen LogP contribution in [0.25, 0.3) is 10.8 Å². The maximum Gasteiger partial charge on any atom is 0.322 e. The summed E-state index contributed by atoms with van der Waals surface area (Å²) in [4.78, 5) is 31.7. The minimum Gasteiger partial charge on any atom is -0.324 e. The van der Waals surface area contributed by atoms with E-state index in [1.165, 1.54) is 35.2 Å². The third-order valence-corrected chi connectivity index (χ3v) is 5.60. The highest BCUT2D eigenvalue weighted by molar-refractivity contribution is 6.31. The number of aromatic nitrogens is 1. The normalized spacial score (nSPS) is 16.4. The fourth-order valence-corrected chi connectivity index (χ4v) is 4.02. The quantitative estimate of drug-likeness (QED) is 0.640. The number of carbonyl (C=O) groups excluding carboxylic acids is 1. The molecular formula is C21H19ClF2N4O2. The minimum absolute atomic E-state index is 0.0937. The maximum atomic E-state index is 13.7. The molecule has 2 amide bonds. The van der Waals surface area contributed by atoms with Crippen LogP contribution in [0.15, 0.2) is 41.2 Å². The molecule has 3 aromatic rings. The first-order valence-corrected chi connectivity index (χ1v) is 9.64. The van der Waals surface area contributed by atoms with Crippen molar-refractivity contribution in [1.29, 1.82) is 0 Å². The highest BCUT2D eigenvalue weighted by Gasteiger charge is 2.32. The van der Waals surface area contributed by atoms with E-state index < -0.39 is 23.7 Å². The van der Waals surface area contributed by atoms with Gasteiger partial charge in [-0.1, -0.05) is 17.7 Å². The van der Waals surface area contributed by atoms with Gasteiger partial charge < -0.3 is 15.2 Å². The van der Waals surface area contributed by atoms with Gasteiger partial charge in [0, 0.05) is 37.1 Å². The van der Waals surface area contributed by atoms with Gasteiger partial charge >= 0.3 is 6.03 Å². The van der Waals surface area contributed by atoms with Crippen LogP contribution in [-0.2, 0) is 6.54 Å². The molecule has 156 valence electrons. The topological polar surface area (TPSA) is 68.4 Å². The van der Waals surface area contributed by atoms with Crippen LogP contribution in [0.1, 0.15) is 17.3 Å². The molecular weight excluding hydrogens is 414 g/mol. The summed E-state index contributed by atoms with van der Waals surface area (Å²) < 4.78 is 27.1. The molecule has 1 atom stereocenters. The van der Waals surface area contributed by atoms with Crippen LogP contribution in [0.2, 0.25) is 5.02 Å². The third-order valence-electron chi connectivity index (χ3n) is 5.31. The molecule has 0 aliphatic carbocycles. The molecule has 9 heteroatoms. The number of H-pyrrole nitrogens is 1. The lowest BCUT2D eigenvalue weighted by atomic mass is 9.93. The van der Waals surface area contributed by atoms with Crippen LogP contribution in [0.3, 0.4) is 0 Å². The number of rotatable bonds is 2. The molecule has 0 saturated carbocycles. The van der Waals surface area contributed by atoms with E-state index in [0.29, 0.717) is 29.9 Å². The number of aromatic amines is 1. The predicted molar refractivity (Wildman–Crippen MR) is 112 cm³/mol. The maximum absolute atomic E-state index is 13.7. The highest BCUT2D eigenvalue weighted by atomic mass is 35.5. The minimum atomic E-state index is -0.575. The van der Waals surface area contributed by atoms with Crippen molar-refractivity contribution in [2.75, 3.05) is 26.0 Å². The van der Waals surface area contributed by atoms with Gasteiger partial charge in [-0.2, -0.15) is 0 Å². The number of pyridine rings is 1. The first-order chi connectivity index (χ1) is 14.2. The first-order valence-electron chi connectivity index (χ1n) is 9.26. The lowest BCUT2D eigenvalue weighted by Gasteiger charge is -2.38. The zero-order valence-electron chi connectivity index (χ0n) is 16.3. The number of nitrogens with one attached hydrogen (secondary N) is 2. The van der Waals surface area contributed by atoms with E-state index in [0.717, 1.165) is 5.56 Å². The Morgan fingerprint density at radius 3 is 2.73 bits per heavy atom. The fourth-order valence-electron chi connectivity index (χ4n) is 3.84. The van der Waals surface area contributed by atoms with Crippen LogP contribution >= 0.6 is 11.6 Å². The molecule has 0 bridgehead atoms. The molecule has 6 nitrogen and oxygen atoms in total. The Morgan fingerprint density at radius 2 is 2.00 bits per heavy atom. The van der Waals surface area contributed by atoms with E-state index >= 15 is 0 Å². The Labute approximate surface area is 176 Å². The zero-order chi connectivity index (χ0) is 21.6. The monoisotopic (exact) mass is 432 g/mol. The van der Waals surface area contributed by atoms with E-state index in [4.69, 9.17) is 11.6 Å². The number of fused-ring (bicyclic) bond motifs is 3. The van der Waals surface area contributed by atoms with Crippen LogP contribution in [0, 0.1) is 11.6 Å². The summed E-state index contributed by atoms with van der Waals surface area (Å²) in [5.74, 6) is -1.08. The van der Waals surface area contributed by atoms with Gasteiger partial charge in [0.1, 0.15) is 11.6 Å². The molecule has 2 heterocycles. The van der Waals surface area contributed by atoms with E-state index in [9.17, 15) is 18.4 Å². The molecule has 1 aromatic heterocycles. The van der Waals surface area contributed by atoms with Gasteiger partial charge in [-0.05, 0) is 42.8 Å². The SMILES string of the molecule is CN1Cc2[nH]c(=O)c3cc(F)ccc3c2C(N(C)C(=O)Nc2ccc(F)c(Cl)c2)C1. The number of amides is 2. The number of benzene rings is 2. The molecule has 4 rings (SSSR count). The Hall–Kier alpha value is -2.97. The standard InChI is InChI=1S/C21H19ClF2N4O2/c1-27-9-17-19(13-5-3-11(23)7-14(13)20(29)26-17)18(10-27)28(2)21(30)25-12-4-6-16(24)15(22)8-12/h3-8,18H,9-10H2,1-2H3,(H,25,30)(H,26,29). The summed E-state index contributed by atoms with van der Waals surface area (Å²) in [6.45, 7) is 1.01. The van der Waals surface area contributed by atoms with Gasteiger partial charge in [0.2, 0.25) is 0 Å². The summed E-state index contributed by atoms with van der Waals surface area (Å²) in [7, 11) is 3.52. The molecule has 0 radical (unpaired) electrons. The summed E-state index contributed by atoms with van der Waals surface area (Å²) in [5.41, 5.74) is 1.45. The van der Waals surface area contributed by atoms with Gasteiger partial charge in [-0.25, -0.2) is 13.6 Å². The highest BCUT2D eigenvalue weighted by Crippen LogP contribution is 2.34. The molecule has 1 unspecified atom stereocenters. The average molecular weight is 433 g/mol. The number of anilines is 1. The number of hydrogen-bond donors (Lipinski definition) is 2. The number of carbonyl (C=O) groups is 1. The lowest BCUT2D eigenvalue weighted by Crippen LogP contribution is -2.44. The van der Waals surface area contributed by atoms with Crippen molar-refractivity contribution in [3.8, 4) is 0 Å². The molecule has 1 aliphatic rings. The Kier molecular flexibility index (Phi) is 5.21. The van der Waals surface area contributed by atoms with Gasteiger partial charge in [0.15, 0.2) is 0 Å². The van der Waals surface area contributed by atoms with Gasteiger partial charge in [-0.15, -0.1) is 0 Å². The number of halogens is 3. The number of likely N-dealkylation sites (N-methyl/N-ethyl adjacent to an activating group) is 2. The summed E-state index contributed by atoms with van der Waals surface area (Å²) in [5, 5.41) is 3.46. The number of urea groups is 1. The third kappa shape index (κ3) is 3.64. The van der Waals surface area contributed by atoms with E-state index in [1.54, 1.807) is 13.1 Å². The summed E-state index contributed by atoms with van der Waals surface area (Å²) >= 11 is 5.79. The van der Waals surface area contributed by atoms with Crippen LogP contribution in [0.4, 0.5) is 19.3 Å². The molecule has 0 fully saturated rings. The first kappa shape index (κ1) is 20.3. The molecule has 30 heavy (non-hydrogen) atoms. The zero-order valence-corrected chi connectivity index (χ0v) is 17.1. The van der Waals surface area contributed by atoms with Crippen LogP contribution in [-0.4, -0.2) is 41.5 Å². The van der Waals surface area contributed by atoms with E-state index in [1.807, 2.05) is 11.9 Å². The molecule has 2 N–H and O–H groups in total. The lowest BCUT2D eigenvalue weighted by molar-refractivity contribution is 0.167. The van der Waals surface area contributed by atoms with Crippen LogP contribution in [0.5, 0.6) is 0 Å². The molecule has 0 saturated heterocycles. The second-order valence-corrected chi connectivity index (χ2v) is 7.83. The summed E-state index contributed by atoms with van der Waals surface area (Å²) in [6, 6.07) is 7.17. The second kappa shape index (κ2) is 7.70. The molecule has 0 spiro atoms. The second-order valence-electron chi connectivity index (χ2n) is 7.42. The van der Waals surface area contributed by atoms with Gasteiger partial charge in [-0.3, -0.25) is 9.69 Å². The fraction of sp³-hybridized carbons (Fsp3) is 0.238. The van der Waals surface area contributed by atoms with Crippen LogP contribution < -0.4 is 10.9 Å². The van der Waals surface area contributed by atoms with Crippen molar-refractivity contribution in [2.45, 2.75) is 12.6 Å². The average Bonchev–Trinajstić information content (AvgIpc) is 2.69. The predicted octanol–water partition coefficient (Wildman–Crippen LogP) is 4.11. The van der Waals surface area contributed by atoms with Crippen molar-refractivity contribution >= 4 is 34.1 Å².